The van der Waals surface area contributed by atoms with Crippen LogP contribution in [0.15, 0.2) is 46.2 Å². The Bertz CT molecular complexity index is 1290. The maximum absolute atomic E-state index is 11.5. The number of carbonyl (C=O) groups is 1. The molecule has 4 aromatic rings. The molecule has 0 bridgehead atoms. The first-order valence-electron chi connectivity index (χ1n) is 11.4. The van der Waals surface area contributed by atoms with Crippen LogP contribution in [-0.4, -0.2) is 35.4 Å². The van der Waals surface area contributed by atoms with Gasteiger partial charge in [-0.15, -0.1) is 11.3 Å². The Morgan fingerprint density at radius 2 is 1.91 bits per heavy atom. The third-order valence-electron chi connectivity index (χ3n) is 5.66. The SMILES string of the molecule is CCOC(Cc1ccc(OCCc2nc(-c3cc(C)cc(C)c3)oc2C)c2ccsc12)C(=O)O. The fourth-order valence-electron chi connectivity index (χ4n) is 4.14. The minimum atomic E-state index is -0.949. The molecule has 0 spiro atoms. The van der Waals surface area contributed by atoms with Gasteiger partial charge in [0, 0.05) is 35.1 Å². The molecule has 2 aromatic carbocycles. The number of benzene rings is 2. The fraction of sp³-hybridized carbons (Fsp3) is 0.333. The summed E-state index contributed by atoms with van der Waals surface area (Å²) in [6.45, 7) is 8.68. The summed E-state index contributed by atoms with van der Waals surface area (Å²) in [5.74, 6) is 1.25. The summed E-state index contributed by atoms with van der Waals surface area (Å²) in [6.07, 6.45) is 0.0854. The lowest BCUT2D eigenvalue weighted by molar-refractivity contribution is -0.149. The van der Waals surface area contributed by atoms with Crippen LogP contribution in [0.5, 0.6) is 5.75 Å². The Balaban J connectivity index is 1.46. The molecule has 0 aliphatic rings. The molecule has 2 heterocycles. The van der Waals surface area contributed by atoms with Crippen LogP contribution >= 0.6 is 11.3 Å². The number of aromatic nitrogens is 1. The van der Waals surface area contributed by atoms with Crippen molar-refractivity contribution in [2.24, 2.45) is 0 Å². The van der Waals surface area contributed by atoms with Crippen molar-refractivity contribution < 1.29 is 23.8 Å². The number of thiophene rings is 1. The lowest BCUT2D eigenvalue weighted by Gasteiger charge is -2.14. The molecule has 34 heavy (non-hydrogen) atoms. The molecule has 1 atom stereocenters. The van der Waals surface area contributed by atoms with Crippen LogP contribution in [0, 0.1) is 20.8 Å². The van der Waals surface area contributed by atoms with Gasteiger partial charge in [0.05, 0.1) is 12.3 Å². The molecule has 0 saturated carbocycles. The number of carboxylic acids is 1. The summed E-state index contributed by atoms with van der Waals surface area (Å²) in [7, 11) is 0. The summed E-state index contributed by atoms with van der Waals surface area (Å²) in [4.78, 5) is 16.2. The number of aliphatic carboxylic acids is 1. The summed E-state index contributed by atoms with van der Waals surface area (Å²) in [5, 5.41) is 12.4. The molecule has 1 N–H and O–H groups in total. The minimum Gasteiger partial charge on any atom is -0.493 e. The van der Waals surface area contributed by atoms with Crippen LogP contribution in [0.1, 0.15) is 35.1 Å². The van der Waals surface area contributed by atoms with E-state index in [-0.39, 0.29) is 0 Å². The topological polar surface area (TPSA) is 81.8 Å². The number of hydrogen-bond acceptors (Lipinski definition) is 6. The van der Waals surface area contributed by atoms with Crippen LogP contribution in [0.2, 0.25) is 0 Å². The molecule has 0 amide bonds. The van der Waals surface area contributed by atoms with Crippen molar-refractivity contribution in [3.8, 4) is 17.2 Å². The van der Waals surface area contributed by atoms with Gasteiger partial charge in [0.2, 0.25) is 5.89 Å². The molecular weight excluding hydrogens is 450 g/mol. The van der Waals surface area contributed by atoms with E-state index in [0.29, 0.717) is 31.9 Å². The average Bonchev–Trinajstić information content (AvgIpc) is 3.41. The van der Waals surface area contributed by atoms with Crippen molar-refractivity contribution in [2.75, 3.05) is 13.2 Å². The normalized spacial score (nSPS) is 12.2. The fourth-order valence-corrected chi connectivity index (χ4v) is 5.08. The first-order chi connectivity index (χ1) is 16.4. The summed E-state index contributed by atoms with van der Waals surface area (Å²) in [5.41, 5.74) is 5.16. The zero-order chi connectivity index (χ0) is 24.2. The molecule has 0 aliphatic carbocycles. The summed E-state index contributed by atoms with van der Waals surface area (Å²) < 4.78 is 18.5. The lowest BCUT2D eigenvalue weighted by atomic mass is 10.1. The third kappa shape index (κ3) is 5.32. The highest BCUT2D eigenvalue weighted by atomic mass is 32.1. The number of hydrogen-bond donors (Lipinski definition) is 1. The lowest BCUT2D eigenvalue weighted by Crippen LogP contribution is -2.26. The van der Waals surface area contributed by atoms with E-state index in [0.717, 1.165) is 38.4 Å². The van der Waals surface area contributed by atoms with Crippen LogP contribution in [0.25, 0.3) is 21.5 Å². The van der Waals surface area contributed by atoms with Gasteiger partial charge in [0.25, 0.3) is 0 Å². The Hall–Kier alpha value is -3.16. The van der Waals surface area contributed by atoms with Crippen LogP contribution < -0.4 is 4.74 Å². The molecule has 2 aromatic heterocycles. The van der Waals surface area contributed by atoms with Gasteiger partial charge in [-0.1, -0.05) is 23.3 Å². The van der Waals surface area contributed by atoms with Crippen molar-refractivity contribution >= 4 is 27.4 Å². The molecule has 0 radical (unpaired) electrons. The van der Waals surface area contributed by atoms with Gasteiger partial charge in [-0.05, 0) is 62.9 Å². The number of aryl methyl sites for hydroxylation is 3. The van der Waals surface area contributed by atoms with E-state index in [9.17, 15) is 9.90 Å². The summed E-state index contributed by atoms with van der Waals surface area (Å²) >= 11 is 1.58. The van der Waals surface area contributed by atoms with Gasteiger partial charge >= 0.3 is 5.97 Å². The number of nitrogens with zero attached hydrogens (tertiary/aromatic N) is 1. The summed E-state index contributed by atoms with van der Waals surface area (Å²) in [6, 6.07) is 12.1. The maximum atomic E-state index is 11.5. The highest BCUT2D eigenvalue weighted by Crippen LogP contribution is 2.34. The second-order valence-electron chi connectivity index (χ2n) is 8.37. The molecule has 178 valence electrons. The van der Waals surface area contributed by atoms with Crippen LogP contribution in [0.4, 0.5) is 0 Å². The van der Waals surface area contributed by atoms with Crippen LogP contribution in [-0.2, 0) is 22.4 Å². The van der Waals surface area contributed by atoms with Gasteiger partial charge in [0.15, 0.2) is 6.10 Å². The van der Waals surface area contributed by atoms with Crippen molar-refractivity contribution in [1.82, 2.24) is 4.98 Å². The van der Waals surface area contributed by atoms with Gasteiger partial charge in [0.1, 0.15) is 11.5 Å². The Kier molecular flexibility index (Phi) is 7.34. The highest BCUT2D eigenvalue weighted by molar-refractivity contribution is 7.17. The first kappa shape index (κ1) is 24.0. The molecule has 0 aliphatic heterocycles. The standard InChI is InChI=1S/C27H29NO5S/c1-5-31-24(27(29)30)15-19-6-7-23(21-9-11-34-25(19)21)32-10-8-22-18(4)33-26(28-22)20-13-16(2)12-17(3)14-20/h6-7,9,11-14,24H,5,8,10,15H2,1-4H3,(H,29,30). The molecule has 7 heteroatoms. The van der Waals surface area contributed by atoms with Crippen molar-refractivity contribution in [3.63, 3.8) is 0 Å². The van der Waals surface area contributed by atoms with Gasteiger partial charge < -0.3 is 19.0 Å². The predicted octanol–water partition coefficient (Wildman–Crippen LogP) is 6.14. The number of oxazole rings is 1. The van der Waals surface area contributed by atoms with E-state index in [1.807, 2.05) is 30.5 Å². The molecule has 4 rings (SSSR count). The van der Waals surface area contributed by atoms with Crippen molar-refractivity contribution in [2.45, 2.75) is 46.6 Å². The molecule has 1 unspecified atom stereocenters. The highest BCUT2D eigenvalue weighted by Gasteiger charge is 2.20. The van der Waals surface area contributed by atoms with E-state index < -0.39 is 12.1 Å². The molecule has 0 fully saturated rings. The second-order valence-corrected chi connectivity index (χ2v) is 9.29. The average molecular weight is 480 g/mol. The smallest absolute Gasteiger partial charge is 0.333 e. The molecule has 0 saturated heterocycles. The Labute approximate surface area is 203 Å². The minimum absolute atomic E-state index is 0.319. The second kappa shape index (κ2) is 10.4. The van der Waals surface area contributed by atoms with Crippen molar-refractivity contribution in [1.29, 1.82) is 0 Å². The zero-order valence-electron chi connectivity index (χ0n) is 19.9. The van der Waals surface area contributed by atoms with Crippen LogP contribution in [0.3, 0.4) is 0 Å². The van der Waals surface area contributed by atoms with E-state index >= 15 is 0 Å². The first-order valence-corrected chi connectivity index (χ1v) is 12.2. The Morgan fingerprint density at radius 3 is 2.62 bits per heavy atom. The van der Waals surface area contributed by atoms with Gasteiger partial charge in [-0.3, -0.25) is 0 Å². The van der Waals surface area contributed by atoms with Gasteiger partial charge in [-0.25, -0.2) is 9.78 Å². The number of carboxylic acid groups (broad SMARTS) is 1. The number of rotatable bonds is 10. The molecule has 6 nitrogen and oxygen atoms in total. The van der Waals surface area contributed by atoms with E-state index in [4.69, 9.17) is 18.9 Å². The number of fused-ring (bicyclic) bond motifs is 1. The largest absolute Gasteiger partial charge is 0.493 e. The maximum Gasteiger partial charge on any atom is 0.333 e. The van der Waals surface area contributed by atoms with E-state index in [1.54, 1.807) is 18.3 Å². The third-order valence-corrected chi connectivity index (χ3v) is 6.65. The zero-order valence-corrected chi connectivity index (χ0v) is 20.7. The monoisotopic (exact) mass is 479 g/mol. The van der Waals surface area contributed by atoms with Crippen molar-refractivity contribution in [3.05, 3.63) is 69.9 Å². The number of ether oxygens (including phenoxy) is 2. The Morgan fingerprint density at radius 1 is 1.15 bits per heavy atom. The van der Waals surface area contributed by atoms with Gasteiger partial charge in [-0.2, -0.15) is 0 Å². The predicted molar refractivity (Wildman–Crippen MR) is 134 cm³/mol. The van der Waals surface area contributed by atoms with E-state index in [2.05, 4.69) is 32.0 Å². The molecular formula is C27H29NO5S. The quantitative estimate of drug-likeness (QED) is 0.294. The van der Waals surface area contributed by atoms with E-state index in [1.165, 1.54) is 11.1 Å².